The molecule has 0 unspecified atom stereocenters. The zero-order chi connectivity index (χ0) is 13.5. The normalized spacial score (nSPS) is 9.89. The van der Waals surface area contributed by atoms with Crippen LogP contribution in [0.15, 0.2) is 18.2 Å². The monoisotopic (exact) mass is 286 g/mol. The maximum Gasteiger partial charge on any atom is 0.257 e. The number of amides is 1. The summed E-state index contributed by atoms with van der Waals surface area (Å²) in [6.45, 7) is 2.51. The van der Waals surface area contributed by atoms with Gasteiger partial charge in [-0.25, -0.2) is 0 Å². The lowest BCUT2D eigenvalue weighted by Crippen LogP contribution is -2.29. The van der Waals surface area contributed by atoms with E-state index in [9.17, 15) is 4.79 Å². The largest absolute Gasteiger partial charge is 0.483 e. The Morgan fingerprint density at radius 2 is 2.28 bits per heavy atom. The summed E-state index contributed by atoms with van der Waals surface area (Å²) in [5, 5.41) is 3.12. The summed E-state index contributed by atoms with van der Waals surface area (Å²) in [7, 11) is 0. The van der Waals surface area contributed by atoms with Crippen molar-refractivity contribution in [1.29, 1.82) is 0 Å². The van der Waals surface area contributed by atoms with Crippen LogP contribution in [0, 0.1) is 0 Å². The van der Waals surface area contributed by atoms with Gasteiger partial charge in [0.1, 0.15) is 10.7 Å². The molecule has 1 rings (SSSR count). The van der Waals surface area contributed by atoms with Gasteiger partial charge in [-0.15, -0.1) is 0 Å². The van der Waals surface area contributed by atoms with Crippen molar-refractivity contribution in [1.82, 2.24) is 5.32 Å². The topological polar surface area (TPSA) is 64.3 Å². The number of hydrogen-bond acceptors (Lipinski definition) is 3. The Morgan fingerprint density at radius 3 is 2.89 bits per heavy atom. The molecule has 0 aliphatic heterocycles. The molecule has 0 aliphatic carbocycles. The number of ether oxygens (including phenoxy) is 1. The van der Waals surface area contributed by atoms with Gasteiger partial charge in [0.2, 0.25) is 0 Å². The maximum absolute atomic E-state index is 11.4. The van der Waals surface area contributed by atoms with Crippen molar-refractivity contribution in [2.24, 2.45) is 5.73 Å². The highest BCUT2D eigenvalue weighted by molar-refractivity contribution is 7.80. The molecule has 0 bridgehead atoms. The van der Waals surface area contributed by atoms with Crippen LogP contribution in [-0.4, -0.2) is 24.0 Å². The van der Waals surface area contributed by atoms with Crippen molar-refractivity contribution in [3.8, 4) is 5.75 Å². The molecule has 1 aromatic rings. The molecule has 0 fully saturated rings. The van der Waals surface area contributed by atoms with Crippen molar-refractivity contribution in [2.45, 2.75) is 13.3 Å². The van der Waals surface area contributed by atoms with E-state index in [0.29, 0.717) is 22.9 Å². The molecule has 1 aromatic carbocycles. The third-order valence-corrected chi connectivity index (χ3v) is 2.67. The Hall–Kier alpha value is -1.33. The van der Waals surface area contributed by atoms with Crippen LogP contribution in [0.3, 0.4) is 0 Å². The minimum atomic E-state index is -0.189. The molecule has 98 valence electrons. The van der Waals surface area contributed by atoms with E-state index >= 15 is 0 Å². The van der Waals surface area contributed by atoms with Crippen molar-refractivity contribution in [3.05, 3.63) is 28.8 Å². The zero-order valence-electron chi connectivity index (χ0n) is 10.0. The predicted molar refractivity (Wildman–Crippen MR) is 76.1 cm³/mol. The molecule has 0 saturated heterocycles. The number of benzene rings is 1. The molecule has 0 aromatic heterocycles. The first-order chi connectivity index (χ1) is 8.56. The van der Waals surface area contributed by atoms with Crippen molar-refractivity contribution >= 4 is 34.7 Å². The second kappa shape index (κ2) is 7.18. The maximum atomic E-state index is 11.4. The van der Waals surface area contributed by atoms with Gasteiger partial charge < -0.3 is 15.8 Å². The Bertz CT molecular complexity index is 452. The van der Waals surface area contributed by atoms with Crippen LogP contribution in [0.25, 0.3) is 0 Å². The highest BCUT2D eigenvalue weighted by atomic mass is 35.5. The summed E-state index contributed by atoms with van der Waals surface area (Å²) in [5.41, 5.74) is 6.02. The van der Waals surface area contributed by atoms with E-state index in [2.05, 4.69) is 5.32 Å². The summed E-state index contributed by atoms with van der Waals surface area (Å²) in [5.74, 6) is 0.229. The SMILES string of the molecule is CCCNC(=O)COc1cccc(Cl)c1C(N)=S. The summed E-state index contributed by atoms with van der Waals surface area (Å²) < 4.78 is 5.37. The van der Waals surface area contributed by atoms with Crippen molar-refractivity contribution in [2.75, 3.05) is 13.2 Å². The Kier molecular flexibility index (Phi) is 5.88. The first kappa shape index (κ1) is 14.7. The standard InChI is InChI=1S/C12H15ClN2O2S/c1-2-6-15-10(16)7-17-9-5-3-4-8(13)11(9)12(14)18/h3-5H,2,6-7H2,1H3,(H2,14,18)(H,15,16). The number of halogens is 1. The average molecular weight is 287 g/mol. The number of carbonyl (C=O) groups is 1. The van der Waals surface area contributed by atoms with Gasteiger partial charge >= 0.3 is 0 Å². The fourth-order valence-electron chi connectivity index (χ4n) is 1.32. The number of carbonyl (C=O) groups excluding carboxylic acids is 1. The van der Waals surface area contributed by atoms with Crippen LogP contribution in [0.1, 0.15) is 18.9 Å². The van der Waals surface area contributed by atoms with E-state index in [1.807, 2.05) is 6.92 Å². The minimum absolute atomic E-state index is 0.0873. The number of rotatable bonds is 6. The van der Waals surface area contributed by atoms with Gasteiger partial charge in [-0.3, -0.25) is 4.79 Å². The van der Waals surface area contributed by atoms with Crippen LogP contribution < -0.4 is 15.8 Å². The Balaban J connectivity index is 2.70. The second-order valence-corrected chi connectivity index (χ2v) is 4.46. The minimum Gasteiger partial charge on any atom is -0.483 e. The number of nitrogens with one attached hydrogen (secondary N) is 1. The first-order valence-corrected chi connectivity index (χ1v) is 6.32. The summed E-state index contributed by atoms with van der Waals surface area (Å²) in [6.07, 6.45) is 0.876. The number of thiocarbonyl (C=S) groups is 1. The average Bonchev–Trinajstić information content (AvgIpc) is 2.33. The molecular formula is C12H15ClN2O2S. The quantitative estimate of drug-likeness (QED) is 0.784. The number of hydrogen-bond donors (Lipinski definition) is 2. The summed E-state index contributed by atoms with van der Waals surface area (Å²) in [4.78, 5) is 11.6. The molecule has 3 N–H and O–H groups in total. The molecular weight excluding hydrogens is 272 g/mol. The van der Waals surface area contributed by atoms with Gasteiger partial charge in [0.25, 0.3) is 5.91 Å². The predicted octanol–water partition coefficient (Wildman–Crippen LogP) is 1.88. The molecule has 1 amide bonds. The highest BCUT2D eigenvalue weighted by Gasteiger charge is 2.12. The highest BCUT2D eigenvalue weighted by Crippen LogP contribution is 2.26. The van der Waals surface area contributed by atoms with Gasteiger partial charge in [-0.1, -0.05) is 36.8 Å². The summed E-state index contributed by atoms with van der Waals surface area (Å²) >= 11 is 10.9. The van der Waals surface area contributed by atoms with Crippen molar-refractivity contribution in [3.63, 3.8) is 0 Å². The van der Waals surface area contributed by atoms with Crippen LogP contribution in [-0.2, 0) is 4.79 Å². The molecule has 0 aliphatic rings. The number of nitrogens with two attached hydrogens (primary N) is 1. The molecule has 4 nitrogen and oxygen atoms in total. The van der Waals surface area contributed by atoms with Gasteiger partial charge in [0.05, 0.1) is 10.6 Å². The Morgan fingerprint density at radius 1 is 1.56 bits per heavy atom. The van der Waals surface area contributed by atoms with Crippen LogP contribution in [0.2, 0.25) is 5.02 Å². The Labute approximate surface area is 116 Å². The molecule has 0 radical (unpaired) electrons. The van der Waals surface area contributed by atoms with Crippen LogP contribution in [0.4, 0.5) is 0 Å². The molecule has 0 atom stereocenters. The van der Waals surface area contributed by atoms with Crippen molar-refractivity contribution < 1.29 is 9.53 Å². The summed E-state index contributed by atoms with van der Waals surface area (Å²) in [6, 6.07) is 5.05. The molecule has 0 spiro atoms. The van der Waals surface area contributed by atoms with E-state index in [4.69, 9.17) is 34.3 Å². The fraction of sp³-hybridized carbons (Fsp3) is 0.333. The molecule has 0 saturated carbocycles. The zero-order valence-corrected chi connectivity index (χ0v) is 11.6. The van der Waals surface area contributed by atoms with Gasteiger partial charge in [0, 0.05) is 6.54 Å². The van der Waals surface area contributed by atoms with E-state index in [0.717, 1.165) is 6.42 Å². The van der Waals surface area contributed by atoms with Gasteiger partial charge in [0.15, 0.2) is 6.61 Å². The van der Waals surface area contributed by atoms with Gasteiger partial charge in [-0.2, -0.15) is 0 Å². The van der Waals surface area contributed by atoms with Gasteiger partial charge in [-0.05, 0) is 18.6 Å². The lowest BCUT2D eigenvalue weighted by Gasteiger charge is -2.11. The van der Waals surface area contributed by atoms with E-state index in [-0.39, 0.29) is 17.5 Å². The van der Waals surface area contributed by atoms with Crippen LogP contribution in [0.5, 0.6) is 5.75 Å². The third kappa shape index (κ3) is 4.16. The molecule has 18 heavy (non-hydrogen) atoms. The lowest BCUT2D eigenvalue weighted by atomic mass is 10.2. The molecule has 6 heteroatoms. The first-order valence-electron chi connectivity index (χ1n) is 5.54. The lowest BCUT2D eigenvalue weighted by molar-refractivity contribution is -0.123. The molecule has 0 heterocycles. The fourth-order valence-corrected chi connectivity index (χ4v) is 1.86. The smallest absolute Gasteiger partial charge is 0.257 e. The third-order valence-electron chi connectivity index (χ3n) is 2.15. The van der Waals surface area contributed by atoms with E-state index in [1.165, 1.54) is 0 Å². The second-order valence-electron chi connectivity index (χ2n) is 3.62. The van der Waals surface area contributed by atoms with Crippen LogP contribution >= 0.6 is 23.8 Å². The van der Waals surface area contributed by atoms with E-state index in [1.54, 1.807) is 18.2 Å². The van der Waals surface area contributed by atoms with E-state index < -0.39 is 0 Å².